The molecular weight excluding hydrogens is 208 g/mol. The average Bonchev–Trinajstić information content (AvgIpc) is 2.33. The largest absolute Gasteiger partial charge is 0.394 e. The second kappa shape index (κ2) is 7.07. The van der Waals surface area contributed by atoms with Gasteiger partial charge in [-0.1, -0.05) is 6.92 Å². The Kier molecular flexibility index (Phi) is 6.03. The van der Waals surface area contributed by atoms with E-state index in [4.69, 9.17) is 5.11 Å². The Morgan fingerprint density at radius 1 is 1.20 bits per heavy atom. The highest BCUT2D eigenvalue weighted by Gasteiger charge is 2.23. The van der Waals surface area contributed by atoms with Gasteiger partial charge in [-0.3, -0.25) is 0 Å². The predicted octanol–water partition coefficient (Wildman–Crippen LogP) is -0.261. The van der Waals surface area contributed by atoms with Gasteiger partial charge in [0.15, 0.2) is 0 Å². The van der Waals surface area contributed by atoms with Crippen LogP contribution >= 0.6 is 0 Å². The molecule has 1 aliphatic heterocycles. The van der Waals surface area contributed by atoms with Crippen molar-refractivity contribution in [1.29, 1.82) is 0 Å². The number of hydrogen-bond acceptors (Lipinski definition) is 7. The molecule has 2 N–H and O–H groups in total. The van der Waals surface area contributed by atoms with Crippen LogP contribution in [0.4, 0.5) is 0 Å². The lowest BCUT2D eigenvalue weighted by atomic mass is 9.90. The van der Waals surface area contributed by atoms with Gasteiger partial charge in [0.25, 0.3) is 0 Å². The van der Waals surface area contributed by atoms with Crippen LogP contribution in [0.5, 0.6) is 0 Å². The van der Waals surface area contributed by atoms with E-state index in [1.807, 2.05) is 6.92 Å². The monoisotopic (exact) mass is 224 g/mol. The molecule has 0 amide bonds. The molecule has 7 nitrogen and oxygen atoms in total. The van der Waals surface area contributed by atoms with Crippen molar-refractivity contribution in [2.45, 2.75) is 19.4 Å². The molecule has 7 heteroatoms. The molecule has 1 rings (SSSR count). The summed E-state index contributed by atoms with van der Waals surface area (Å²) in [5.74, 6) is 0.0638. The van der Waals surface area contributed by atoms with Crippen LogP contribution in [0.1, 0.15) is 13.3 Å². The zero-order valence-electron chi connectivity index (χ0n) is 8.50. The molecule has 0 spiro atoms. The summed E-state index contributed by atoms with van der Waals surface area (Å²) < 4.78 is 0. The minimum atomic E-state index is -0.774. The van der Waals surface area contributed by atoms with E-state index in [1.54, 1.807) is 0 Å². The third-order valence-electron chi connectivity index (χ3n) is 2.36. The predicted molar refractivity (Wildman–Crippen MR) is 45.5 cm³/mol. The van der Waals surface area contributed by atoms with E-state index in [0.29, 0.717) is 6.42 Å². The number of aliphatic hydroxyl groups is 2. The number of rotatable bonds is 3. The maximum absolute atomic E-state index is 9.31. The maximum atomic E-state index is 9.31. The van der Waals surface area contributed by atoms with Crippen molar-refractivity contribution in [2.75, 3.05) is 19.8 Å². The van der Waals surface area contributed by atoms with Crippen LogP contribution in [0.3, 0.4) is 0 Å². The van der Waals surface area contributed by atoms with Gasteiger partial charge in [-0.15, -0.1) is 0 Å². The zero-order chi connectivity index (χ0) is 11.1. The lowest BCUT2D eigenvalue weighted by Gasteiger charge is -2.22. The van der Waals surface area contributed by atoms with Crippen LogP contribution in [-0.2, 0) is 24.9 Å². The van der Waals surface area contributed by atoms with Crippen molar-refractivity contribution in [3.8, 4) is 0 Å². The van der Waals surface area contributed by atoms with Gasteiger partial charge in [-0.25, -0.2) is 9.78 Å². The minimum absolute atomic E-state index is 0.0163. The highest BCUT2D eigenvalue weighted by molar-refractivity contribution is 4.69. The quantitative estimate of drug-likeness (QED) is 0.638. The molecule has 90 valence electrons. The molecule has 0 aliphatic carbocycles. The van der Waals surface area contributed by atoms with E-state index >= 15 is 0 Å². The zero-order valence-corrected chi connectivity index (χ0v) is 8.50. The Morgan fingerprint density at radius 3 is 2.53 bits per heavy atom. The fourth-order valence-electron chi connectivity index (χ4n) is 1.33. The highest BCUT2D eigenvalue weighted by Crippen LogP contribution is 2.20. The Morgan fingerprint density at radius 2 is 1.87 bits per heavy atom. The molecule has 0 aromatic rings. The van der Waals surface area contributed by atoms with E-state index in [2.05, 4.69) is 24.9 Å². The average molecular weight is 224 g/mol. The van der Waals surface area contributed by atoms with Gasteiger partial charge in [0.2, 0.25) is 0 Å². The van der Waals surface area contributed by atoms with Crippen molar-refractivity contribution >= 4 is 0 Å². The SMILES string of the molecule is CC1COOOOOCC1CC(O)CO. The normalized spacial score (nSPS) is 31.4. The second-order valence-electron chi connectivity index (χ2n) is 3.58. The molecular formula is C8H16O7. The topological polar surface area (TPSA) is 86.6 Å². The molecule has 0 aromatic carbocycles. The van der Waals surface area contributed by atoms with Gasteiger partial charge in [0, 0.05) is 0 Å². The summed E-state index contributed by atoms with van der Waals surface area (Å²) in [6, 6.07) is 0. The first-order valence-corrected chi connectivity index (χ1v) is 4.77. The first-order valence-electron chi connectivity index (χ1n) is 4.77. The van der Waals surface area contributed by atoms with Crippen LogP contribution in [0.25, 0.3) is 0 Å². The maximum Gasteiger partial charge on any atom is 0.0887 e. The fraction of sp³-hybridized carbons (Fsp3) is 1.00. The molecule has 1 fully saturated rings. The highest BCUT2D eigenvalue weighted by atomic mass is 17.8. The lowest BCUT2D eigenvalue weighted by Crippen LogP contribution is -2.27. The number of aliphatic hydroxyl groups excluding tert-OH is 2. The molecule has 0 bridgehead atoms. The summed E-state index contributed by atoms with van der Waals surface area (Å²) in [6.07, 6.45) is -0.381. The van der Waals surface area contributed by atoms with E-state index < -0.39 is 6.10 Å². The van der Waals surface area contributed by atoms with E-state index in [1.165, 1.54) is 0 Å². The summed E-state index contributed by atoms with van der Waals surface area (Å²) in [5.41, 5.74) is 0. The Hall–Kier alpha value is -0.280. The second-order valence-corrected chi connectivity index (χ2v) is 3.58. The van der Waals surface area contributed by atoms with Crippen molar-refractivity contribution in [1.82, 2.24) is 0 Å². The molecule has 0 aromatic heterocycles. The van der Waals surface area contributed by atoms with E-state index in [-0.39, 0.29) is 31.7 Å². The van der Waals surface area contributed by atoms with Crippen molar-refractivity contribution in [3.63, 3.8) is 0 Å². The van der Waals surface area contributed by atoms with Crippen LogP contribution in [-0.4, -0.2) is 36.1 Å². The van der Waals surface area contributed by atoms with E-state index in [0.717, 1.165) is 0 Å². The Balaban J connectivity index is 2.40. The summed E-state index contributed by atoms with van der Waals surface area (Å²) in [7, 11) is 0. The molecule has 3 atom stereocenters. The van der Waals surface area contributed by atoms with Gasteiger partial charge in [-0.2, -0.15) is 0 Å². The van der Waals surface area contributed by atoms with Gasteiger partial charge >= 0.3 is 0 Å². The minimum Gasteiger partial charge on any atom is -0.394 e. The van der Waals surface area contributed by atoms with Crippen LogP contribution in [0.2, 0.25) is 0 Å². The smallest absolute Gasteiger partial charge is 0.0887 e. The molecule has 1 heterocycles. The molecule has 15 heavy (non-hydrogen) atoms. The first kappa shape index (κ1) is 12.8. The van der Waals surface area contributed by atoms with Crippen molar-refractivity contribution < 1.29 is 35.1 Å². The standard InChI is InChI=1S/C8H16O7/c1-6-4-11-13-15-14-12-5-7(6)2-8(10)3-9/h6-10H,2-5H2,1H3. The van der Waals surface area contributed by atoms with Crippen molar-refractivity contribution in [2.24, 2.45) is 11.8 Å². The third-order valence-corrected chi connectivity index (χ3v) is 2.36. The molecule has 3 unspecified atom stereocenters. The van der Waals surface area contributed by atoms with Gasteiger partial charge in [0.1, 0.15) is 0 Å². The summed E-state index contributed by atoms with van der Waals surface area (Å²) in [4.78, 5) is 9.30. The summed E-state index contributed by atoms with van der Waals surface area (Å²) in [6.45, 7) is 2.14. The first-order chi connectivity index (χ1) is 7.24. The number of hydrogen-bond donors (Lipinski definition) is 2. The van der Waals surface area contributed by atoms with Crippen LogP contribution in [0.15, 0.2) is 0 Å². The third kappa shape index (κ3) is 4.85. The Bertz CT molecular complexity index is 165. The van der Waals surface area contributed by atoms with Crippen LogP contribution < -0.4 is 0 Å². The summed E-state index contributed by atoms with van der Waals surface area (Å²) in [5, 5.41) is 30.4. The van der Waals surface area contributed by atoms with Gasteiger partial charge in [0.05, 0.1) is 25.9 Å². The van der Waals surface area contributed by atoms with Gasteiger partial charge < -0.3 is 10.2 Å². The lowest BCUT2D eigenvalue weighted by molar-refractivity contribution is -0.706. The summed E-state index contributed by atoms with van der Waals surface area (Å²) >= 11 is 0. The van der Waals surface area contributed by atoms with Gasteiger partial charge in [-0.05, 0) is 33.4 Å². The molecule has 0 saturated carbocycles. The van der Waals surface area contributed by atoms with Crippen LogP contribution in [0, 0.1) is 11.8 Å². The van der Waals surface area contributed by atoms with Crippen molar-refractivity contribution in [3.05, 3.63) is 0 Å². The Labute approximate surface area is 87.2 Å². The molecule has 0 radical (unpaired) electrons. The molecule has 1 aliphatic rings. The van der Waals surface area contributed by atoms with E-state index in [9.17, 15) is 5.11 Å². The molecule has 1 saturated heterocycles. The fourth-order valence-corrected chi connectivity index (χ4v) is 1.33.